The second-order valence-corrected chi connectivity index (χ2v) is 5.64. The van der Waals surface area contributed by atoms with Crippen LogP contribution in [-0.4, -0.2) is 33.4 Å². The molecule has 6 heteroatoms. The molecule has 2 aromatic rings. The average molecular weight is 322 g/mol. The molecule has 0 aliphatic rings. The van der Waals surface area contributed by atoms with E-state index in [0.717, 1.165) is 5.56 Å². The van der Waals surface area contributed by atoms with Crippen molar-refractivity contribution in [2.24, 2.45) is 0 Å². The zero-order chi connectivity index (χ0) is 16.1. The van der Waals surface area contributed by atoms with E-state index in [-0.39, 0.29) is 18.6 Å². The first-order chi connectivity index (χ1) is 10.5. The van der Waals surface area contributed by atoms with Gasteiger partial charge in [-0.2, -0.15) is 5.10 Å². The number of halogens is 1. The van der Waals surface area contributed by atoms with E-state index < -0.39 is 0 Å². The van der Waals surface area contributed by atoms with Gasteiger partial charge >= 0.3 is 0 Å². The number of carbonyl (C=O) groups is 1. The summed E-state index contributed by atoms with van der Waals surface area (Å²) < 4.78 is 1.62. The van der Waals surface area contributed by atoms with Crippen LogP contribution in [0.3, 0.4) is 0 Å². The maximum absolute atomic E-state index is 12.3. The van der Waals surface area contributed by atoms with Crippen molar-refractivity contribution in [3.63, 3.8) is 0 Å². The van der Waals surface area contributed by atoms with Crippen molar-refractivity contribution < 1.29 is 9.90 Å². The molecule has 0 saturated heterocycles. The minimum Gasteiger partial charge on any atom is -0.396 e. The second-order valence-electron chi connectivity index (χ2n) is 5.28. The number of aliphatic hydroxyl groups excluding tert-OH is 1. The Kier molecular flexibility index (Phi) is 5.57. The van der Waals surface area contributed by atoms with E-state index in [2.05, 4.69) is 10.4 Å². The summed E-state index contributed by atoms with van der Waals surface area (Å²) in [5.41, 5.74) is 2.05. The summed E-state index contributed by atoms with van der Waals surface area (Å²) in [6.07, 6.45) is 0.501. The van der Waals surface area contributed by atoms with Crippen LogP contribution in [0.5, 0.6) is 0 Å². The van der Waals surface area contributed by atoms with Gasteiger partial charge in [-0.25, -0.2) is 4.68 Å². The van der Waals surface area contributed by atoms with E-state index in [0.29, 0.717) is 29.4 Å². The van der Waals surface area contributed by atoms with Crippen LogP contribution in [0.25, 0.3) is 0 Å². The first kappa shape index (κ1) is 16.5. The Morgan fingerprint density at radius 1 is 1.41 bits per heavy atom. The Bertz CT molecular complexity index is 640. The molecule has 0 fully saturated rings. The summed E-state index contributed by atoms with van der Waals surface area (Å²) in [6.45, 7) is 4.15. The molecule has 1 aromatic carbocycles. The lowest BCUT2D eigenvalue weighted by Crippen LogP contribution is -2.33. The molecule has 0 aliphatic carbocycles. The number of aryl methyl sites for hydroxylation is 1. The van der Waals surface area contributed by atoms with E-state index >= 15 is 0 Å². The van der Waals surface area contributed by atoms with Crippen molar-refractivity contribution in [3.05, 3.63) is 52.3 Å². The van der Waals surface area contributed by atoms with Gasteiger partial charge in [0.05, 0.1) is 17.8 Å². The lowest BCUT2D eigenvalue weighted by molar-refractivity contribution is 0.0934. The van der Waals surface area contributed by atoms with Gasteiger partial charge in [-0.3, -0.25) is 4.79 Å². The highest BCUT2D eigenvalue weighted by atomic mass is 35.5. The maximum Gasteiger partial charge on any atom is 0.256 e. The molecule has 1 unspecified atom stereocenters. The predicted octanol–water partition coefficient (Wildman–Crippen LogP) is 2.39. The molecule has 0 bridgehead atoms. The fourth-order valence-corrected chi connectivity index (χ4v) is 2.55. The molecule has 0 aliphatic heterocycles. The van der Waals surface area contributed by atoms with Gasteiger partial charge in [0.1, 0.15) is 5.15 Å². The normalized spacial score (nSPS) is 12.2. The van der Waals surface area contributed by atoms with Crippen molar-refractivity contribution >= 4 is 17.5 Å². The number of aliphatic hydroxyl groups is 1. The Balaban J connectivity index is 2.18. The third-order valence-electron chi connectivity index (χ3n) is 3.41. The number of hydrogen-bond acceptors (Lipinski definition) is 3. The van der Waals surface area contributed by atoms with Gasteiger partial charge < -0.3 is 10.4 Å². The van der Waals surface area contributed by atoms with E-state index in [1.54, 1.807) is 11.6 Å². The highest BCUT2D eigenvalue weighted by Crippen LogP contribution is 2.21. The third-order valence-corrected chi connectivity index (χ3v) is 3.79. The lowest BCUT2D eigenvalue weighted by Gasteiger charge is -2.12. The summed E-state index contributed by atoms with van der Waals surface area (Å²) in [4.78, 5) is 12.3. The number of aromatic nitrogens is 2. The molecule has 2 rings (SSSR count). The van der Waals surface area contributed by atoms with Crippen LogP contribution in [0.1, 0.15) is 35.0 Å². The van der Waals surface area contributed by atoms with Gasteiger partial charge in [0.2, 0.25) is 0 Å². The largest absolute Gasteiger partial charge is 0.396 e. The molecule has 2 N–H and O–H groups in total. The van der Waals surface area contributed by atoms with Crippen LogP contribution in [-0.2, 0) is 6.54 Å². The maximum atomic E-state index is 12.3. The summed E-state index contributed by atoms with van der Waals surface area (Å²) >= 11 is 6.33. The molecule has 0 spiro atoms. The number of carbonyl (C=O) groups excluding carboxylic acids is 1. The van der Waals surface area contributed by atoms with Crippen LogP contribution >= 0.6 is 11.6 Å². The quantitative estimate of drug-likeness (QED) is 0.858. The number of benzene rings is 1. The third kappa shape index (κ3) is 3.87. The van der Waals surface area contributed by atoms with Crippen LogP contribution < -0.4 is 5.32 Å². The van der Waals surface area contributed by atoms with Gasteiger partial charge in [0.15, 0.2) is 0 Å². The molecular formula is C16H20ClN3O2. The smallest absolute Gasteiger partial charge is 0.256 e. The predicted molar refractivity (Wildman–Crippen MR) is 86.1 cm³/mol. The Labute approximate surface area is 134 Å². The fourth-order valence-electron chi connectivity index (χ4n) is 2.23. The molecule has 1 atom stereocenters. The monoisotopic (exact) mass is 321 g/mol. The Hall–Kier alpha value is -1.85. The van der Waals surface area contributed by atoms with E-state index in [1.165, 1.54) is 0 Å². The molecule has 0 saturated carbocycles. The summed E-state index contributed by atoms with van der Waals surface area (Å²) in [5.74, 6) is -0.261. The number of hydrogen-bond donors (Lipinski definition) is 2. The minimum atomic E-state index is -0.261. The first-order valence-electron chi connectivity index (χ1n) is 7.21. The second kappa shape index (κ2) is 7.42. The van der Waals surface area contributed by atoms with Crippen molar-refractivity contribution in [3.8, 4) is 0 Å². The van der Waals surface area contributed by atoms with Gasteiger partial charge in [0.25, 0.3) is 5.91 Å². The van der Waals surface area contributed by atoms with Crippen molar-refractivity contribution in [2.45, 2.75) is 32.9 Å². The average Bonchev–Trinajstić information content (AvgIpc) is 2.74. The van der Waals surface area contributed by atoms with Crippen molar-refractivity contribution in [1.82, 2.24) is 15.1 Å². The van der Waals surface area contributed by atoms with E-state index in [1.807, 2.05) is 37.3 Å². The zero-order valence-corrected chi connectivity index (χ0v) is 13.5. The van der Waals surface area contributed by atoms with Crippen molar-refractivity contribution in [2.75, 3.05) is 6.61 Å². The van der Waals surface area contributed by atoms with Gasteiger partial charge in [0, 0.05) is 12.6 Å². The molecule has 1 aromatic heterocycles. The van der Waals surface area contributed by atoms with Gasteiger partial charge in [-0.1, -0.05) is 41.9 Å². The summed E-state index contributed by atoms with van der Waals surface area (Å²) in [5, 5.41) is 16.4. The zero-order valence-electron chi connectivity index (χ0n) is 12.7. The lowest BCUT2D eigenvalue weighted by atomic mass is 10.2. The highest BCUT2D eigenvalue weighted by molar-refractivity contribution is 6.33. The minimum absolute atomic E-state index is 0.0292. The van der Waals surface area contributed by atoms with Crippen LogP contribution in [0.4, 0.5) is 0 Å². The molecule has 5 nitrogen and oxygen atoms in total. The van der Waals surface area contributed by atoms with Gasteiger partial charge in [-0.15, -0.1) is 0 Å². The standard InChI is InChI=1S/C16H20ClN3O2/c1-11(8-9-21)18-16(22)14-12(2)19-20(15(14)17)10-13-6-4-3-5-7-13/h3-7,11,21H,8-10H2,1-2H3,(H,18,22). The first-order valence-corrected chi connectivity index (χ1v) is 7.59. The molecule has 0 radical (unpaired) electrons. The molecule has 1 heterocycles. The van der Waals surface area contributed by atoms with Crippen LogP contribution in [0.15, 0.2) is 30.3 Å². The van der Waals surface area contributed by atoms with Gasteiger partial charge in [-0.05, 0) is 25.8 Å². The topological polar surface area (TPSA) is 67.2 Å². The number of amides is 1. The fraction of sp³-hybridized carbons (Fsp3) is 0.375. The summed E-state index contributed by atoms with van der Waals surface area (Å²) in [6, 6.07) is 9.69. The number of rotatable bonds is 6. The summed E-state index contributed by atoms with van der Waals surface area (Å²) in [7, 11) is 0. The molecule has 1 amide bonds. The van der Waals surface area contributed by atoms with Crippen LogP contribution in [0, 0.1) is 6.92 Å². The highest BCUT2D eigenvalue weighted by Gasteiger charge is 2.21. The number of nitrogens with zero attached hydrogens (tertiary/aromatic N) is 2. The van der Waals surface area contributed by atoms with Crippen LogP contribution in [0.2, 0.25) is 5.15 Å². The van der Waals surface area contributed by atoms with E-state index in [4.69, 9.17) is 16.7 Å². The molecule has 118 valence electrons. The molecule has 22 heavy (non-hydrogen) atoms. The Morgan fingerprint density at radius 3 is 2.73 bits per heavy atom. The number of nitrogens with one attached hydrogen (secondary N) is 1. The Morgan fingerprint density at radius 2 is 2.09 bits per heavy atom. The molecular weight excluding hydrogens is 302 g/mol. The van der Waals surface area contributed by atoms with Crippen molar-refractivity contribution in [1.29, 1.82) is 0 Å². The van der Waals surface area contributed by atoms with E-state index in [9.17, 15) is 4.79 Å². The SMILES string of the molecule is Cc1nn(Cc2ccccc2)c(Cl)c1C(=O)NC(C)CCO.